The van der Waals surface area contributed by atoms with Gasteiger partial charge in [-0.25, -0.2) is 4.39 Å². The van der Waals surface area contributed by atoms with Gasteiger partial charge in [0.1, 0.15) is 34.7 Å². The van der Waals surface area contributed by atoms with E-state index in [1.54, 1.807) is 30.3 Å². The van der Waals surface area contributed by atoms with E-state index in [0.29, 0.717) is 10.6 Å². The molecule has 1 aliphatic rings. The summed E-state index contributed by atoms with van der Waals surface area (Å²) in [5, 5.41) is 13.1. The molecule has 0 saturated carbocycles. The molecule has 1 fully saturated rings. The smallest absolute Gasteiger partial charge is 0.300 e. The number of rotatable bonds is 5. The lowest BCUT2D eigenvalue weighted by atomic mass is 9.98. The summed E-state index contributed by atoms with van der Waals surface area (Å²) in [5.41, 5.74) is 0.415. The minimum Gasteiger partial charge on any atom is -0.506 e. The highest BCUT2D eigenvalue weighted by Crippen LogP contribution is 2.46. The van der Waals surface area contributed by atoms with Crippen molar-refractivity contribution in [2.45, 2.75) is 6.04 Å². The highest BCUT2D eigenvalue weighted by Gasteiger charge is 2.48. The Morgan fingerprint density at radius 1 is 1.00 bits per heavy atom. The van der Waals surface area contributed by atoms with Crippen LogP contribution in [-0.4, -0.2) is 31.0 Å². The van der Waals surface area contributed by atoms with Crippen molar-refractivity contribution in [2.75, 3.05) is 19.1 Å². The maximum absolute atomic E-state index is 13.5. The maximum atomic E-state index is 13.5. The second-order valence-corrected chi connectivity index (χ2v) is 7.68. The number of carbonyl (C=O) groups excluding carboxylic acids is 2. The van der Waals surface area contributed by atoms with Crippen molar-refractivity contribution in [3.05, 3.63) is 81.8 Å². The number of ketones is 1. The number of amides is 1. The molecule has 158 valence electrons. The normalized spacial score (nSPS) is 17.8. The Bertz CT molecular complexity index is 1150. The van der Waals surface area contributed by atoms with E-state index in [2.05, 4.69) is 0 Å². The first-order chi connectivity index (χ1) is 15.0. The Labute approximate surface area is 181 Å². The summed E-state index contributed by atoms with van der Waals surface area (Å²) < 4.78 is 24.2. The Hall–Kier alpha value is -3.65. The minimum atomic E-state index is -0.889. The van der Waals surface area contributed by atoms with E-state index < -0.39 is 29.3 Å². The Morgan fingerprint density at radius 2 is 1.65 bits per heavy atom. The minimum absolute atomic E-state index is 0.0976. The third-order valence-electron chi connectivity index (χ3n) is 5.03. The molecule has 6 nitrogen and oxygen atoms in total. The standard InChI is InChI=1S/C23H18FNO5S/c1-29-15-5-3-6-16(30-2)18(15)21(26)19-20(17-7-4-12-31-17)25(23(28)22(19)27)14-10-8-13(24)9-11-14/h3-12,20,26H,1-2H3/b21-19+. The largest absolute Gasteiger partial charge is 0.506 e. The number of thiophene rings is 1. The van der Waals surface area contributed by atoms with E-state index in [1.807, 2.05) is 5.38 Å². The van der Waals surface area contributed by atoms with E-state index in [9.17, 15) is 19.1 Å². The number of aliphatic hydroxyl groups excluding tert-OH is 1. The first kappa shape index (κ1) is 20.6. The fourth-order valence-electron chi connectivity index (χ4n) is 3.64. The molecule has 1 amide bonds. The number of Topliss-reactive ketones (excluding diaryl/α,β-unsaturated/α-hetero) is 1. The van der Waals surface area contributed by atoms with Gasteiger partial charge in [-0.3, -0.25) is 14.5 Å². The van der Waals surface area contributed by atoms with Gasteiger partial charge in [0.2, 0.25) is 0 Å². The van der Waals surface area contributed by atoms with Gasteiger partial charge in [-0.05, 0) is 47.8 Å². The van der Waals surface area contributed by atoms with Crippen molar-refractivity contribution < 1.29 is 28.6 Å². The van der Waals surface area contributed by atoms with Gasteiger partial charge in [-0.1, -0.05) is 12.1 Å². The first-order valence-corrected chi connectivity index (χ1v) is 10.2. The topological polar surface area (TPSA) is 76.1 Å². The van der Waals surface area contributed by atoms with Gasteiger partial charge in [-0.15, -0.1) is 11.3 Å². The van der Waals surface area contributed by atoms with E-state index in [4.69, 9.17) is 9.47 Å². The molecule has 2 aromatic carbocycles. The van der Waals surface area contributed by atoms with Gasteiger partial charge >= 0.3 is 0 Å². The zero-order valence-corrected chi connectivity index (χ0v) is 17.5. The van der Waals surface area contributed by atoms with Crippen LogP contribution >= 0.6 is 11.3 Å². The van der Waals surface area contributed by atoms with Gasteiger partial charge in [0.15, 0.2) is 0 Å². The third-order valence-corrected chi connectivity index (χ3v) is 5.95. The number of carbonyl (C=O) groups is 2. The van der Waals surface area contributed by atoms with E-state index in [-0.39, 0.29) is 22.6 Å². The predicted molar refractivity (Wildman–Crippen MR) is 115 cm³/mol. The first-order valence-electron chi connectivity index (χ1n) is 9.29. The number of aliphatic hydroxyl groups is 1. The number of hydrogen-bond acceptors (Lipinski definition) is 6. The van der Waals surface area contributed by atoms with E-state index >= 15 is 0 Å². The Balaban J connectivity index is 1.98. The SMILES string of the molecule is COc1cccc(OC)c1/C(O)=C1\C(=O)C(=O)N(c2ccc(F)cc2)C1c1cccs1. The lowest BCUT2D eigenvalue weighted by Gasteiger charge is -2.24. The maximum Gasteiger partial charge on any atom is 0.300 e. The lowest BCUT2D eigenvalue weighted by molar-refractivity contribution is -0.132. The zero-order valence-electron chi connectivity index (χ0n) is 16.7. The summed E-state index contributed by atoms with van der Waals surface area (Å²) in [4.78, 5) is 28.1. The van der Waals surface area contributed by atoms with Gasteiger partial charge in [0.25, 0.3) is 11.7 Å². The van der Waals surface area contributed by atoms with Crippen molar-refractivity contribution in [1.82, 2.24) is 0 Å². The van der Waals surface area contributed by atoms with Crippen LogP contribution in [0.2, 0.25) is 0 Å². The monoisotopic (exact) mass is 439 g/mol. The molecule has 1 aromatic heterocycles. The molecule has 0 spiro atoms. The average molecular weight is 439 g/mol. The number of hydrogen-bond donors (Lipinski definition) is 1. The Kier molecular flexibility index (Phi) is 5.48. The van der Waals surface area contributed by atoms with Crippen LogP contribution in [0.3, 0.4) is 0 Å². The van der Waals surface area contributed by atoms with Gasteiger partial charge in [-0.2, -0.15) is 0 Å². The van der Waals surface area contributed by atoms with Crippen LogP contribution < -0.4 is 14.4 Å². The summed E-state index contributed by atoms with van der Waals surface area (Å²) in [5.74, 6) is -1.97. The van der Waals surface area contributed by atoms with Crippen LogP contribution in [0, 0.1) is 5.82 Å². The molecular weight excluding hydrogens is 421 g/mol. The highest BCUT2D eigenvalue weighted by atomic mass is 32.1. The molecule has 1 saturated heterocycles. The summed E-state index contributed by atoms with van der Waals surface area (Å²) in [6.45, 7) is 0. The van der Waals surface area contributed by atoms with Crippen LogP contribution in [-0.2, 0) is 9.59 Å². The van der Waals surface area contributed by atoms with Crippen molar-refractivity contribution >= 4 is 34.5 Å². The van der Waals surface area contributed by atoms with Crippen molar-refractivity contribution in [2.24, 2.45) is 0 Å². The van der Waals surface area contributed by atoms with Crippen LogP contribution in [0.4, 0.5) is 10.1 Å². The predicted octanol–water partition coefficient (Wildman–Crippen LogP) is 4.53. The molecule has 1 aliphatic heterocycles. The van der Waals surface area contributed by atoms with Crippen LogP contribution in [0.15, 0.2) is 65.6 Å². The third kappa shape index (κ3) is 3.44. The molecule has 1 atom stereocenters. The van der Waals surface area contributed by atoms with E-state index in [0.717, 1.165) is 0 Å². The molecule has 1 unspecified atom stereocenters. The molecule has 2 heterocycles. The molecule has 0 radical (unpaired) electrons. The quantitative estimate of drug-likeness (QED) is 0.359. The number of nitrogens with zero attached hydrogens (tertiary/aromatic N) is 1. The summed E-state index contributed by atoms with van der Waals surface area (Å²) in [7, 11) is 2.86. The molecule has 8 heteroatoms. The second kappa shape index (κ2) is 8.23. The van der Waals surface area contributed by atoms with E-state index in [1.165, 1.54) is 54.7 Å². The molecule has 4 rings (SSSR count). The summed E-state index contributed by atoms with van der Waals surface area (Å²) in [6, 6.07) is 12.9. The van der Waals surface area contributed by atoms with Gasteiger partial charge < -0.3 is 14.6 Å². The average Bonchev–Trinajstić information content (AvgIpc) is 3.40. The second-order valence-electron chi connectivity index (χ2n) is 6.70. The molecule has 3 aromatic rings. The summed E-state index contributed by atoms with van der Waals surface area (Å²) in [6.07, 6.45) is 0. The fourth-order valence-corrected chi connectivity index (χ4v) is 4.46. The van der Waals surface area contributed by atoms with Crippen molar-refractivity contribution in [1.29, 1.82) is 0 Å². The fraction of sp³-hybridized carbons (Fsp3) is 0.130. The molecule has 1 N–H and O–H groups in total. The van der Waals surface area contributed by atoms with Crippen molar-refractivity contribution in [3.63, 3.8) is 0 Å². The lowest BCUT2D eigenvalue weighted by Crippen LogP contribution is -2.29. The highest BCUT2D eigenvalue weighted by molar-refractivity contribution is 7.10. The molecule has 0 bridgehead atoms. The number of ether oxygens (including phenoxy) is 2. The van der Waals surface area contributed by atoms with Gasteiger partial charge in [0, 0.05) is 10.6 Å². The number of halogens is 1. The van der Waals surface area contributed by atoms with Crippen LogP contribution in [0.5, 0.6) is 11.5 Å². The number of anilines is 1. The number of benzene rings is 2. The summed E-state index contributed by atoms with van der Waals surface area (Å²) >= 11 is 1.33. The van der Waals surface area contributed by atoms with Gasteiger partial charge in [0.05, 0.1) is 19.8 Å². The zero-order chi connectivity index (χ0) is 22.1. The number of methoxy groups -OCH3 is 2. The molecular formula is C23H18FNO5S. The van der Waals surface area contributed by atoms with Crippen molar-refractivity contribution in [3.8, 4) is 11.5 Å². The molecule has 31 heavy (non-hydrogen) atoms. The van der Waals surface area contributed by atoms with Crippen LogP contribution in [0.1, 0.15) is 16.5 Å². The Morgan fingerprint density at radius 3 is 2.19 bits per heavy atom. The molecule has 0 aliphatic carbocycles. The van der Waals surface area contributed by atoms with Crippen LogP contribution in [0.25, 0.3) is 5.76 Å².